The number of carbonyl (C=O) groups is 2. The van der Waals surface area contributed by atoms with Gasteiger partial charge < -0.3 is 27.9 Å². The zero-order chi connectivity index (χ0) is 37.2. The Morgan fingerprint density at radius 1 is 0.640 bits per heavy atom. The van der Waals surface area contributed by atoms with E-state index < -0.39 is 32.5 Å². The predicted octanol–water partition coefficient (Wildman–Crippen LogP) is 9.49. The van der Waals surface area contributed by atoms with Gasteiger partial charge in [0.2, 0.25) is 0 Å². The third-order valence-corrected chi connectivity index (χ3v) is 8.52. The van der Waals surface area contributed by atoms with E-state index in [4.69, 9.17) is 18.5 Å². The SMILES string of the molecule is CC/C=C\C/C=C\C/C=C\C/C=C\C/C=C\CCCCCCCC(=O)OC(COC(=O)CCCCCCC)COP(=O)([O-])OCC[N+](C)(C)C. The van der Waals surface area contributed by atoms with Gasteiger partial charge in [-0.1, -0.05) is 120 Å². The minimum absolute atomic E-state index is 0.0376. The molecule has 0 bridgehead atoms. The number of unbranched alkanes of at least 4 members (excludes halogenated alkanes) is 9. The summed E-state index contributed by atoms with van der Waals surface area (Å²) in [6.45, 7) is 3.96. The smallest absolute Gasteiger partial charge is 0.306 e. The normalized spacial score (nSPS) is 14.4. The van der Waals surface area contributed by atoms with E-state index in [1.807, 2.05) is 21.1 Å². The van der Waals surface area contributed by atoms with E-state index in [-0.39, 0.29) is 26.1 Å². The minimum atomic E-state index is -4.62. The van der Waals surface area contributed by atoms with Gasteiger partial charge in [-0.05, 0) is 57.8 Å². The number of esters is 2. The Morgan fingerprint density at radius 3 is 1.70 bits per heavy atom. The van der Waals surface area contributed by atoms with Crippen LogP contribution in [0.25, 0.3) is 0 Å². The molecule has 50 heavy (non-hydrogen) atoms. The summed E-state index contributed by atoms with van der Waals surface area (Å²) in [6.07, 6.45) is 37.2. The molecule has 0 spiro atoms. The van der Waals surface area contributed by atoms with E-state index in [2.05, 4.69) is 74.6 Å². The second-order valence-corrected chi connectivity index (χ2v) is 15.0. The number of ether oxygens (including phenoxy) is 2. The van der Waals surface area contributed by atoms with E-state index >= 15 is 0 Å². The molecule has 0 saturated carbocycles. The quantitative estimate of drug-likeness (QED) is 0.0217. The summed E-state index contributed by atoms with van der Waals surface area (Å²) < 4.78 is 33.5. The fourth-order valence-corrected chi connectivity index (χ4v) is 5.29. The van der Waals surface area contributed by atoms with Crippen LogP contribution in [0.2, 0.25) is 0 Å². The van der Waals surface area contributed by atoms with E-state index in [0.29, 0.717) is 17.4 Å². The highest BCUT2D eigenvalue weighted by atomic mass is 31.2. The van der Waals surface area contributed by atoms with Crippen molar-refractivity contribution >= 4 is 19.8 Å². The Labute approximate surface area is 305 Å². The lowest BCUT2D eigenvalue weighted by Gasteiger charge is -2.28. The van der Waals surface area contributed by atoms with Crippen LogP contribution >= 0.6 is 7.82 Å². The lowest BCUT2D eigenvalue weighted by Crippen LogP contribution is -2.37. The first-order valence-electron chi connectivity index (χ1n) is 19.0. The molecule has 9 nitrogen and oxygen atoms in total. The molecule has 0 N–H and O–H groups in total. The van der Waals surface area contributed by atoms with Gasteiger partial charge in [-0.2, -0.15) is 0 Å². The molecule has 2 unspecified atom stereocenters. The predicted molar refractivity (Wildman–Crippen MR) is 203 cm³/mol. The molecule has 0 saturated heterocycles. The van der Waals surface area contributed by atoms with Gasteiger partial charge in [-0.3, -0.25) is 14.2 Å². The molecule has 10 heteroatoms. The van der Waals surface area contributed by atoms with Gasteiger partial charge in [-0.15, -0.1) is 0 Å². The van der Waals surface area contributed by atoms with Crippen molar-refractivity contribution in [1.29, 1.82) is 0 Å². The average molecular weight is 724 g/mol. The van der Waals surface area contributed by atoms with Crippen LogP contribution in [0, 0.1) is 0 Å². The number of likely N-dealkylation sites (N-methyl/N-ethyl adjacent to an activating group) is 1. The van der Waals surface area contributed by atoms with Crippen LogP contribution < -0.4 is 4.89 Å². The first-order valence-corrected chi connectivity index (χ1v) is 20.5. The maximum atomic E-state index is 12.6. The highest BCUT2D eigenvalue weighted by Gasteiger charge is 2.21. The number of phosphoric ester groups is 1. The fourth-order valence-electron chi connectivity index (χ4n) is 4.56. The molecule has 0 aliphatic heterocycles. The average Bonchev–Trinajstić information content (AvgIpc) is 3.06. The summed E-state index contributed by atoms with van der Waals surface area (Å²) in [5, 5.41) is 0. The molecule has 0 fully saturated rings. The first-order chi connectivity index (χ1) is 24.0. The Morgan fingerprint density at radius 2 is 1.14 bits per heavy atom. The number of carbonyl (C=O) groups excluding carboxylic acids is 2. The van der Waals surface area contributed by atoms with Crippen molar-refractivity contribution in [2.24, 2.45) is 0 Å². The lowest BCUT2D eigenvalue weighted by atomic mass is 10.1. The molecule has 0 aromatic carbocycles. The van der Waals surface area contributed by atoms with Crippen molar-refractivity contribution in [3.8, 4) is 0 Å². The van der Waals surface area contributed by atoms with Gasteiger partial charge >= 0.3 is 11.9 Å². The maximum Gasteiger partial charge on any atom is 0.306 e. The van der Waals surface area contributed by atoms with Gasteiger partial charge in [0.15, 0.2) is 6.10 Å². The van der Waals surface area contributed by atoms with Gasteiger partial charge in [0.05, 0.1) is 27.7 Å². The van der Waals surface area contributed by atoms with Crippen LogP contribution in [0.5, 0.6) is 0 Å². The number of rotatable bonds is 33. The molecule has 0 aromatic rings. The van der Waals surface area contributed by atoms with E-state index in [0.717, 1.165) is 96.3 Å². The third-order valence-electron chi connectivity index (χ3n) is 7.55. The molecule has 2 atom stereocenters. The second-order valence-electron chi connectivity index (χ2n) is 13.6. The van der Waals surface area contributed by atoms with Crippen molar-refractivity contribution < 1.29 is 42.1 Å². The van der Waals surface area contributed by atoms with Crippen molar-refractivity contribution in [2.45, 2.75) is 136 Å². The monoisotopic (exact) mass is 723 g/mol. The topological polar surface area (TPSA) is 111 Å². The van der Waals surface area contributed by atoms with Gasteiger partial charge in [0.1, 0.15) is 19.8 Å². The molecule has 0 aliphatic carbocycles. The van der Waals surface area contributed by atoms with Crippen LogP contribution in [0.1, 0.15) is 129 Å². The van der Waals surface area contributed by atoms with Crippen molar-refractivity contribution in [3.63, 3.8) is 0 Å². The molecule has 0 radical (unpaired) electrons. The standard InChI is InChI=1S/C40H70NO8P/c1-6-8-10-12-13-14-15-16-17-18-19-20-21-22-23-24-25-26-27-29-31-33-40(43)49-38(36-46-39(42)32-30-28-11-9-7-2)37-48-50(44,45)47-35-34-41(3,4)5/h8,10,13-14,16-17,19-20,22-23,38H,6-7,9,11-12,15,18,21,24-37H2,1-5H3/b10-8-,14-13-,17-16-,20-19-,23-22-. The first kappa shape index (κ1) is 47.7. The van der Waals surface area contributed by atoms with Gasteiger partial charge in [0.25, 0.3) is 7.82 Å². The zero-order valence-corrected chi connectivity index (χ0v) is 33.0. The summed E-state index contributed by atoms with van der Waals surface area (Å²) in [5.74, 6) is -0.878. The Hall–Kier alpha value is -2.29. The van der Waals surface area contributed by atoms with Crippen molar-refractivity contribution in [2.75, 3.05) is 47.5 Å². The van der Waals surface area contributed by atoms with Crippen molar-refractivity contribution in [3.05, 3.63) is 60.8 Å². The Bertz CT molecular complexity index is 1040. The lowest BCUT2D eigenvalue weighted by molar-refractivity contribution is -0.870. The summed E-state index contributed by atoms with van der Waals surface area (Å²) in [4.78, 5) is 37.0. The van der Waals surface area contributed by atoms with E-state index in [1.54, 1.807) is 0 Å². The number of phosphoric acid groups is 1. The second kappa shape index (κ2) is 32.6. The number of hydrogen-bond acceptors (Lipinski definition) is 8. The van der Waals surface area contributed by atoms with E-state index in [9.17, 15) is 19.0 Å². The summed E-state index contributed by atoms with van der Waals surface area (Å²) in [5.41, 5.74) is 0. The van der Waals surface area contributed by atoms with E-state index in [1.165, 1.54) is 0 Å². The number of nitrogens with zero attached hydrogens (tertiary/aromatic N) is 1. The number of quaternary nitrogens is 1. The molecule has 0 amide bonds. The van der Waals surface area contributed by atoms with Crippen molar-refractivity contribution in [1.82, 2.24) is 0 Å². The minimum Gasteiger partial charge on any atom is -0.756 e. The molecule has 0 aromatic heterocycles. The van der Waals surface area contributed by atoms with Gasteiger partial charge in [-0.25, -0.2) is 0 Å². The summed E-state index contributed by atoms with van der Waals surface area (Å²) in [7, 11) is 1.14. The molecular formula is C40H70NO8P. The molecule has 0 aliphatic rings. The molecular weight excluding hydrogens is 653 g/mol. The third kappa shape index (κ3) is 35.5. The van der Waals surface area contributed by atoms with Crippen LogP contribution in [-0.4, -0.2) is 70.0 Å². The Kier molecular flexibility index (Phi) is 31.1. The molecule has 0 rings (SSSR count). The summed E-state index contributed by atoms with van der Waals surface area (Å²) in [6, 6.07) is 0. The highest BCUT2D eigenvalue weighted by molar-refractivity contribution is 7.45. The van der Waals surface area contributed by atoms with Gasteiger partial charge in [0, 0.05) is 12.8 Å². The molecule has 0 heterocycles. The zero-order valence-electron chi connectivity index (χ0n) is 32.1. The number of allylic oxidation sites excluding steroid dienone is 10. The van der Waals surface area contributed by atoms with Crippen LogP contribution in [-0.2, 0) is 32.7 Å². The highest BCUT2D eigenvalue weighted by Crippen LogP contribution is 2.38. The van der Waals surface area contributed by atoms with Crippen LogP contribution in [0.15, 0.2) is 60.8 Å². The molecule has 288 valence electrons. The maximum absolute atomic E-state index is 12.6. The van der Waals surface area contributed by atoms with Crippen LogP contribution in [0.4, 0.5) is 0 Å². The summed E-state index contributed by atoms with van der Waals surface area (Å²) >= 11 is 0. The number of hydrogen-bond donors (Lipinski definition) is 0. The largest absolute Gasteiger partial charge is 0.756 e. The van der Waals surface area contributed by atoms with Crippen LogP contribution in [0.3, 0.4) is 0 Å². The Balaban J connectivity index is 4.32. The fraction of sp³-hybridized carbons (Fsp3) is 0.700.